The number of aromatic hydroxyl groups is 1. The molecular weight excluding hydrogens is 422 g/mol. The molecule has 0 unspecified atom stereocenters. The molecule has 31 heavy (non-hydrogen) atoms. The van der Waals surface area contributed by atoms with E-state index in [0.717, 1.165) is 5.56 Å². The van der Waals surface area contributed by atoms with E-state index in [1.54, 1.807) is 55.6 Å². The molecule has 0 aliphatic carbocycles. The fourth-order valence-corrected chi connectivity index (χ4v) is 2.77. The van der Waals surface area contributed by atoms with Crippen molar-refractivity contribution in [2.45, 2.75) is 0 Å². The molecule has 158 valence electrons. The molecule has 0 saturated heterocycles. The van der Waals surface area contributed by atoms with Gasteiger partial charge >= 0.3 is 11.2 Å². The molecule has 0 radical (unpaired) electrons. The van der Waals surface area contributed by atoms with E-state index in [9.17, 15) is 19.8 Å². The molecule has 11 heteroatoms. The summed E-state index contributed by atoms with van der Waals surface area (Å²) >= 11 is 0.409. The van der Waals surface area contributed by atoms with Gasteiger partial charge in [-0.25, -0.2) is 10.2 Å². The molecule has 1 heterocycles. The van der Waals surface area contributed by atoms with Crippen molar-refractivity contribution in [2.24, 2.45) is 14.7 Å². The summed E-state index contributed by atoms with van der Waals surface area (Å²) in [5.41, 5.74) is 3.29. The number of hydrogen-bond acceptors (Lipinski definition) is 8. The summed E-state index contributed by atoms with van der Waals surface area (Å²) in [5, 5.41) is 26.5. The summed E-state index contributed by atoms with van der Waals surface area (Å²) < 4.78 is 8.72. The minimum absolute atomic E-state index is 0.180. The standard InChI is InChI=1S/C20H17N5O5S/c1-30-13-9-6-12(7-10-13)8-11-16(19(27)28)22-24-20(29)31-25-23-17-14-4-2-3-5-15(14)21-18(17)26/h2-11,21,26H,1H3,(H,24,29)(H,27,28)/b11-8+,22-16-,25-23?. The van der Waals surface area contributed by atoms with Crippen LogP contribution in [0.3, 0.4) is 0 Å². The number of carbonyl (C=O) groups excluding carboxylic acids is 1. The highest BCUT2D eigenvalue weighted by atomic mass is 32.2. The Hall–Kier alpha value is -4.12. The van der Waals surface area contributed by atoms with Crippen LogP contribution in [0.15, 0.2) is 69.3 Å². The second-order valence-electron chi connectivity index (χ2n) is 5.95. The van der Waals surface area contributed by atoms with Crippen LogP contribution in [0.1, 0.15) is 5.56 Å². The quantitative estimate of drug-likeness (QED) is 0.185. The lowest BCUT2D eigenvalue weighted by atomic mass is 10.2. The number of nitrogens with zero attached hydrogens (tertiary/aromatic N) is 3. The van der Waals surface area contributed by atoms with Crippen LogP contribution in [0.4, 0.5) is 10.5 Å². The van der Waals surface area contributed by atoms with Gasteiger partial charge in [0.2, 0.25) is 5.88 Å². The van der Waals surface area contributed by atoms with Gasteiger partial charge in [-0.1, -0.05) is 36.4 Å². The molecule has 0 atom stereocenters. The largest absolute Gasteiger partial charge is 0.497 e. The Morgan fingerprint density at radius 1 is 1.16 bits per heavy atom. The van der Waals surface area contributed by atoms with Gasteiger partial charge in [0.15, 0.2) is 11.4 Å². The van der Waals surface area contributed by atoms with E-state index in [4.69, 9.17) is 4.74 Å². The number of carboxylic acid groups (broad SMARTS) is 1. The first kappa shape index (κ1) is 21.6. The first-order valence-corrected chi connectivity index (χ1v) is 9.56. The van der Waals surface area contributed by atoms with E-state index in [-0.39, 0.29) is 17.3 Å². The number of carboxylic acids is 1. The molecule has 0 aliphatic heterocycles. The zero-order valence-corrected chi connectivity index (χ0v) is 17.0. The third-order valence-corrected chi connectivity index (χ3v) is 4.38. The Morgan fingerprint density at radius 3 is 2.61 bits per heavy atom. The lowest BCUT2D eigenvalue weighted by Crippen LogP contribution is -2.18. The zero-order valence-electron chi connectivity index (χ0n) is 16.1. The number of hydrazone groups is 1. The van der Waals surface area contributed by atoms with Crippen molar-refractivity contribution in [3.8, 4) is 11.6 Å². The molecule has 10 nitrogen and oxygen atoms in total. The number of H-pyrrole nitrogens is 1. The SMILES string of the molecule is COc1ccc(/C=C/C(=N/NC(=O)SN=Nc2c(O)[nH]c3ccccc23)C(=O)O)cc1. The molecule has 0 fully saturated rings. The normalized spacial score (nSPS) is 12.0. The topological polar surface area (TPSA) is 149 Å². The van der Waals surface area contributed by atoms with Gasteiger partial charge in [-0.05, 0) is 29.8 Å². The second kappa shape index (κ2) is 10.1. The molecule has 0 saturated carbocycles. The number of aliphatic carboxylic acids is 1. The summed E-state index contributed by atoms with van der Waals surface area (Å²) in [7, 11) is 1.55. The maximum Gasteiger partial charge on any atom is 0.356 e. The summed E-state index contributed by atoms with van der Waals surface area (Å²) in [6.07, 6.45) is 2.78. The number of carbonyl (C=O) groups is 2. The third kappa shape index (κ3) is 5.70. The molecule has 3 aromatic rings. The molecular formula is C20H17N5O5S. The third-order valence-electron chi connectivity index (χ3n) is 3.96. The maximum absolute atomic E-state index is 11.9. The van der Waals surface area contributed by atoms with Crippen LogP contribution in [0, 0.1) is 0 Å². The van der Waals surface area contributed by atoms with Gasteiger partial charge in [0.25, 0.3) is 0 Å². The summed E-state index contributed by atoms with van der Waals surface area (Å²) in [6, 6.07) is 14.0. The van der Waals surface area contributed by atoms with Gasteiger partial charge < -0.3 is 19.9 Å². The number of nitrogens with one attached hydrogen (secondary N) is 2. The van der Waals surface area contributed by atoms with Gasteiger partial charge in [0.05, 0.1) is 24.6 Å². The smallest absolute Gasteiger partial charge is 0.356 e. The molecule has 1 aromatic heterocycles. The second-order valence-corrected chi connectivity index (χ2v) is 6.67. The van der Waals surface area contributed by atoms with Gasteiger partial charge in [0, 0.05) is 5.39 Å². The first-order valence-electron chi connectivity index (χ1n) is 8.78. The molecule has 0 bridgehead atoms. The number of ether oxygens (including phenoxy) is 1. The van der Waals surface area contributed by atoms with E-state index in [1.165, 1.54) is 12.2 Å². The lowest BCUT2D eigenvalue weighted by Gasteiger charge is -1.99. The van der Waals surface area contributed by atoms with Gasteiger partial charge in [0.1, 0.15) is 5.75 Å². The van der Waals surface area contributed by atoms with E-state index in [1.807, 2.05) is 0 Å². The fourth-order valence-electron chi connectivity index (χ4n) is 2.49. The number of amides is 1. The van der Waals surface area contributed by atoms with Crippen LogP contribution in [0.2, 0.25) is 0 Å². The van der Waals surface area contributed by atoms with Crippen molar-refractivity contribution < 1.29 is 24.5 Å². The molecule has 4 N–H and O–H groups in total. The van der Waals surface area contributed by atoms with E-state index in [2.05, 4.69) is 25.1 Å². The highest BCUT2D eigenvalue weighted by Crippen LogP contribution is 2.35. The molecule has 0 spiro atoms. The van der Waals surface area contributed by atoms with Crippen LogP contribution in [0.5, 0.6) is 11.6 Å². The van der Waals surface area contributed by atoms with Crippen LogP contribution in [0.25, 0.3) is 17.0 Å². The number of methoxy groups -OCH3 is 1. The number of rotatable bonds is 7. The minimum Gasteiger partial charge on any atom is -0.497 e. The predicted molar refractivity (Wildman–Crippen MR) is 118 cm³/mol. The molecule has 0 aliphatic rings. The monoisotopic (exact) mass is 439 g/mol. The summed E-state index contributed by atoms with van der Waals surface area (Å²) in [4.78, 5) is 26.0. The van der Waals surface area contributed by atoms with Crippen molar-refractivity contribution >= 4 is 51.5 Å². The van der Waals surface area contributed by atoms with E-state index < -0.39 is 11.2 Å². The van der Waals surface area contributed by atoms with Crippen LogP contribution in [-0.4, -0.2) is 39.2 Å². The Labute approximate surface area is 180 Å². The van der Waals surface area contributed by atoms with Gasteiger partial charge in [-0.2, -0.15) is 5.10 Å². The van der Waals surface area contributed by atoms with Crippen LogP contribution >= 0.6 is 11.9 Å². The predicted octanol–water partition coefficient (Wildman–Crippen LogP) is 4.48. The number of benzene rings is 2. The van der Waals surface area contributed by atoms with Crippen LogP contribution in [-0.2, 0) is 4.79 Å². The van der Waals surface area contributed by atoms with E-state index >= 15 is 0 Å². The van der Waals surface area contributed by atoms with Crippen LogP contribution < -0.4 is 10.2 Å². The highest BCUT2D eigenvalue weighted by molar-refractivity contribution is 8.12. The Kier molecular flexibility index (Phi) is 7.01. The molecule has 3 rings (SSSR count). The van der Waals surface area contributed by atoms with Crippen molar-refractivity contribution in [3.05, 3.63) is 60.2 Å². The van der Waals surface area contributed by atoms with E-state index in [0.29, 0.717) is 28.6 Å². The van der Waals surface area contributed by atoms with Gasteiger partial charge in [-0.3, -0.25) is 4.79 Å². The number of hydrogen-bond donors (Lipinski definition) is 4. The van der Waals surface area contributed by atoms with Crippen molar-refractivity contribution in [3.63, 3.8) is 0 Å². The average molecular weight is 439 g/mol. The average Bonchev–Trinajstić information content (AvgIpc) is 3.09. The zero-order chi connectivity index (χ0) is 22.2. The number of para-hydroxylation sites is 1. The number of aromatic amines is 1. The number of aromatic nitrogens is 1. The molecule has 2 aromatic carbocycles. The fraction of sp³-hybridized carbons (Fsp3) is 0.0500. The van der Waals surface area contributed by atoms with Crippen molar-refractivity contribution in [1.29, 1.82) is 0 Å². The summed E-state index contributed by atoms with van der Waals surface area (Å²) in [5.74, 6) is -0.829. The van der Waals surface area contributed by atoms with Crippen molar-refractivity contribution in [1.82, 2.24) is 10.4 Å². The first-order chi connectivity index (χ1) is 15.0. The Balaban J connectivity index is 1.62. The summed E-state index contributed by atoms with van der Waals surface area (Å²) in [6.45, 7) is 0. The molecule has 1 amide bonds. The lowest BCUT2D eigenvalue weighted by molar-refractivity contribution is -0.129. The number of fused-ring (bicyclic) bond motifs is 1. The van der Waals surface area contributed by atoms with Gasteiger partial charge in [-0.15, -0.1) is 9.63 Å². The Morgan fingerprint density at radius 2 is 1.90 bits per heavy atom. The maximum atomic E-state index is 11.9. The highest BCUT2D eigenvalue weighted by Gasteiger charge is 2.11. The minimum atomic E-state index is -1.32. The Bertz CT molecular complexity index is 1180. The van der Waals surface area contributed by atoms with Crippen molar-refractivity contribution in [2.75, 3.05) is 7.11 Å².